The van der Waals surface area contributed by atoms with E-state index < -0.39 is 0 Å². The zero-order valence-electron chi connectivity index (χ0n) is 10.8. The fourth-order valence-corrected chi connectivity index (χ4v) is 2.58. The number of hydrogen-bond donors (Lipinski definition) is 1. The van der Waals surface area contributed by atoms with Crippen molar-refractivity contribution in [2.75, 3.05) is 0 Å². The first-order chi connectivity index (χ1) is 9.70. The number of amidine groups is 1. The molecule has 0 aliphatic carbocycles. The molecule has 1 aliphatic heterocycles. The summed E-state index contributed by atoms with van der Waals surface area (Å²) in [4.78, 5) is 16.8. The Morgan fingerprint density at radius 1 is 1.20 bits per heavy atom. The molecule has 0 atom stereocenters. The van der Waals surface area contributed by atoms with Gasteiger partial charge < -0.3 is 9.73 Å². The van der Waals surface area contributed by atoms with Crippen molar-refractivity contribution in [3.63, 3.8) is 0 Å². The van der Waals surface area contributed by atoms with Gasteiger partial charge in [0.2, 0.25) is 0 Å². The van der Waals surface area contributed by atoms with Gasteiger partial charge in [0, 0.05) is 6.08 Å². The number of para-hydroxylation sites is 1. The van der Waals surface area contributed by atoms with Crippen LogP contribution in [0.4, 0.5) is 5.69 Å². The molecule has 0 unspecified atom stereocenters. The van der Waals surface area contributed by atoms with E-state index in [1.165, 1.54) is 11.8 Å². The Kier molecular flexibility index (Phi) is 3.43. The summed E-state index contributed by atoms with van der Waals surface area (Å²) in [5.41, 5.74) is 0.811. The van der Waals surface area contributed by atoms with Crippen LogP contribution >= 0.6 is 11.8 Å². The molecular formula is C15H12N2O2S. The van der Waals surface area contributed by atoms with Crippen molar-refractivity contribution in [1.29, 1.82) is 0 Å². The molecule has 20 heavy (non-hydrogen) atoms. The number of carbonyl (C=O) groups is 1. The maximum Gasteiger partial charge on any atom is 0.264 e. The molecule has 100 valence electrons. The summed E-state index contributed by atoms with van der Waals surface area (Å²) in [6, 6.07) is 13.2. The molecule has 1 N–H and O–H groups in total. The topological polar surface area (TPSA) is 54.6 Å². The minimum absolute atomic E-state index is 0.154. The number of benzene rings is 1. The predicted octanol–water partition coefficient (Wildman–Crippen LogP) is 3.48. The van der Waals surface area contributed by atoms with Crippen LogP contribution in [-0.2, 0) is 4.79 Å². The molecule has 2 aromatic rings. The molecule has 4 nitrogen and oxygen atoms in total. The van der Waals surface area contributed by atoms with E-state index in [2.05, 4.69) is 10.3 Å². The average Bonchev–Trinajstić information content (AvgIpc) is 2.98. The lowest BCUT2D eigenvalue weighted by Gasteiger charge is -1.94. The molecule has 1 amide bonds. The Bertz CT molecular complexity index is 702. The van der Waals surface area contributed by atoms with E-state index in [4.69, 9.17) is 4.42 Å². The molecule has 0 radical (unpaired) electrons. The maximum absolute atomic E-state index is 11.9. The Morgan fingerprint density at radius 2 is 2.00 bits per heavy atom. The van der Waals surface area contributed by atoms with Crippen molar-refractivity contribution < 1.29 is 9.21 Å². The van der Waals surface area contributed by atoms with E-state index in [0.717, 1.165) is 11.4 Å². The molecule has 1 aromatic heterocycles. The van der Waals surface area contributed by atoms with E-state index in [-0.39, 0.29) is 5.91 Å². The van der Waals surface area contributed by atoms with Crippen LogP contribution in [0.2, 0.25) is 0 Å². The lowest BCUT2D eigenvalue weighted by Crippen LogP contribution is -2.19. The summed E-state index contributed by atoms with van der Waals surface area (Å²) in [5.74, 6) is 1.33. The second-order valence-corrected chi connectivity index (χ2v) is 5.30. The van der Waals surface area contributed by atoms with Gasteiger partial charge in [-0.3, -0.25) is 4.79 Å². The third-order valence-electron chi connectivity index (χ3n) is 2.67. The van der Waals surface area contributed by atoms with Crippen LogP contribution in [0.25, 0.3) is 6.08 Å². The first kappa shape index (κ1) is 12.7. The summed E-state index contributed by atoms with van der Waals surface area (Å²) in [5, 5.41) is 3.32. The van der Waals surface area contributed by atoms with E-state index in [0.29, 0.717) is 15.8 Å². The van der Waals surface area contributed by atoms with E-state index in [1.54, 1.807) is 6.08 Å². The van der Waals surface area contributed by atoms with Gasteiger partial charge in [0.25, 0.3) is 5.91 Å². The van der Waals surface area contributed by atoms with E-state index in [9.17, 15) is 4.79 Å². The summed E-state index contributed by atoms with van der Waals surface area (Å²) in [7, 11) is 0. The van der Waals surface area contributed by atoms with Crippen molar-refractivity contribution in [2.45, 2.75) is 6.92 Å². The second kappa shape index (κ2) is 5.38. The molecule has 1 saturated heterocycles. The van der Waals surface area contributed by atoms with Gasteiger partial charge in [-0.05, 0) is 43.0 Å². The quantitative estimate of drug-likeness (QED) is 0.859. The van der Waals surface area contributed by atoms with Crippen LogP contribution in [0.15, 0.2) is 56.8 Å². The summed E-state index contributed by atoms with van der Waals surface area (Å²) in [6.07, 6.45) is 1.72. The fraction of sp³-hybridized carbons (Fsp3) is 0.0667. The van der Waals surface area contributed by atoms with Crippen molar-refractivity contribution in [1.82, 2.24) is 5.32 Å². The Morgan fingerprint density at radius 3 is 2.70 bits per heavy atom. The molecule has 0 spiro atoms. The van der Waals surface area contributed by atoms with Crippen LogP contribution in [0.5, 0.6) is 0 Å². The molecule has 0 bridgehead atoms. The van der Waals surface area contributed by atoms with Gasteiger partial charge in [0.05, 0.1) is 10.6 Å². The van der Waals surface area contributed by atoms with Gasteiger partial charge in [-0.1, -0.05) is 18.2 Å². The highest BCUT2D eigenvalue weighted by atomic mass is 32.2. The van der Waals surface area contributed by atoms with Crippen LogP contribution in [0.1, 0.15) is 11.5 Å². The number of nitrogens with one attached hydrogen (secondary N) is 1. The van der Waals surface area contributed by atoms with Gasteiger partial charge in [-0.2, -0.15) is 0 Å². The van der Waals surface area contributed by atoms with Crippen LogP contribution < -0.4 is 5.32 Å². The average molecular weight is 284 g/mol. The maximum atomic E-state index is 11.9. The fourth-order valence-electron chi connectivity index (χ4n) is 1.76. The molecule has 3 rings (SSSR count). The van der Waals surface area contributed by atoms with Gasteiger partial charge in [0.1, 0.15) is 11.5 Å². The number of rotatable bonds is 2. The Balaban J connectivity index is 1.82. The smallest absolute Gasteiger partial charge is 0.264 e. The molecule has 1 aliphatic rings. The SMILES string of the molecule is Cc1ccc(/C=C2\SC(=Nc3ccccc3)NC2=O)o1. The summed E-state index contributed by atoms with van der Waals surface area (Å²) in [6.45, 7) is 1.87. The predicted molar refractivity (Wildman–Crippen MR) is 80.7 cm³/mol. The highest BCUT2D eigenvalue weighted by molar-refractivity contribution is 8.18. The van der Waals surface area contributed by atoms with Crippen LogP contribution in [0, 0.1) is 6.92 Å². The number of hydrogen-bond acceptors (Lipinski definition) is 4. The summed E-state index contributed by atoms with van der Waals surface area (Å²) < 4.78 is 5.44. The molecular weight excluding hydrogens is 272 g/mol. The molecule has 2 heterocycles. The highest BCUT2D eigenvalue weighted by Crippen LogP contribution is 2.28. The van der Waals surface area contributed by atoms with Gasteiger partial charge in [0.15, 0.2) is 5.17 Å². The molecule has 1 fully saturated rings. The minimum Gasteiger partial charge on any atom is -0.462 e. The normalized spacial score (nSPS) is 18.8. The van der Waals surface area contributed by atoms with Gasteiger partial charge in [-0.15, -0.1) is 0 Å². The number of furan rings is 1. The Hall–Kier alpha value is -2.27. The lowest BCUT2D eigenvalue weighted by atomic mass is 10.3. The van der Waals surface area contributed by atoms with Crippen LogP contribution in [0.3, 0.4) is 0 Å². The molecule has 0 saturated carbocycles. The lowest BCUT2D eigenvalue weighted by molar-refractivity contribution is -0.115. The van der Waals surface area contributed by atoms with Crippen molar-refractivity contribution >= 4 is 34.6 Å². The third-order valence-corrected chi connectivity index (χ3v) is 3.58. The summed E-state index contributed by atoms with van der Waals surface area (Å²) >= 11 is 1.31. The van der Waals surface area contributed by atoms with Crippen molar-refractivity contribution in [3.8, 4) is 0 Å². The number of aryl methyl sites for hydroxylation is 1. The van der Waals surface area contributed by atoms with Crippen molar-refractivity contribution in [2.24, 2.45) is 4.99 Å². The zero-order chi connectivity index (χ0) is 13.9. The first-order valence-corrected chi connectivity index (χ1v) is 6.93. The second-order valence-electron chi connectivity index (χ2n) is 4.27. The monoisotopic (exact) mass is 284 g/mol. The number of aliphatic imine (C=N–C) groups is 1. The van der Waals surface area contributed by atoms with Gasteiger partial charge in [-0.25, -0.2) is 4.99 Å². The van der Waals surface area contributed by atoms with Gasteiger partial charge >= 0.3 is 0 Å². The molecule has 5 heteroatoms. The number of carbonyl (C=O) groups excluding carboxylic acids is 1. The van der Waals surface area contributed by atoms with Crippen molar-refractivity contribution in [3.05, 3.63) is 58.9 Å². The number of amides is 1. The standard InChI is InChI=1S/C15H12N2O2S/c1-10-7-8-12(19-10)9-13-14(18)17-15(20-13)16-11-5-3-2-4-6-11/h2-9H,1H3,(H,16,17,18)/b13-9-. The largest absolute Gasteiger partial charge is 0.462 e. The highest BCUT2D eigenvalue weighted by Gasteiger charge is 2.24. The Labute approximate surface area is 120 Å². The van der Waals surface area contributed by atoms with Crippen LogP contribution in [-0.4, -0.2) is 11.1 Å². The third kappa shape index (κ3) is 2.83. The van der Waals surface area contributed by atoms with E-state index in [1.807, 2.05) is 49.4 Å². The molecule has 1 aromatic carbocycles. The first-order valence-electron chi connectivity index (χ1n) is 6.12. The minimum atomic E-state index is -0.154. The zero-order valence-corrected chi connectivity index (χ0v) is 11.6. The number of nitrogens with zero attached hydrogens (tertiary/aromatic N) is 1. The van der Waals surface area contributed by atoms with E-state index >= 15 is 0 Å². The number of thioether (sulfide) groups is 1.